The number of aromatic nitrogens is 2. The minimum atomic E-state index is -0.953. The first-order valence-electron chi connectivity index (χ1n) is 5.78. The highest BCUT2D eigenvalue weighted by molar-refractivity contribution is 6.30. The van der Waals surface area contributed by atoms with E-state index in [0.717, 1.165) is 19.6 Å². The van der Waals surface area contributed by atoms with Crippen LogP contribution < -0.4 is 0 Å². The normalized spacial score (nSPS) is 30.7. The number of piperidine rings is 1. The van der Waals surface area contributed by atoms with Gasteiger partial charge in [-0.25, -0.2) is 0 Å². The van der Waals surface area contributed by atoms with E-state index in [2.05, 4.69) is 10.00 Å². The van der Waals surface area contributed by atoms with Crippen LogP contribution in [-0.2, 0) is 6.54 Å². The van der Waals surface area contributed by atoms with Gasteiger partial charge in [-0.05, 0) is 13.3 Å². The van der Waals surface area contributed by atoms with Crippen LogP contribution in [0.3, 0.4) is 0 Å². The summed E-state index contributed by atoms with van der Waals surface area (Å²) in [4.78, 5) is 2.12. The van der Waals surface area contributed by atoms with Gasteiger partial charge in [-0.15, -0.1) is 0 Å². The van der Waals surface area contributed by atoms with E-state index in [-0.39, 0.29) is 0 Å². The van der Waals surface area contributed by atoms with Gasteiger partial charge in [0, 0.05) is 25.8 Å². The van der Waals surface area contributed by atoms with Crippen molar-refractivity contribution in [2.24, 2.45) is 0 Å². The third-order valence-electron chi connectivity index (χ3n) is 3.33. The van der Waals surface area contributed by atoms with Gasteiger partial charge in [0.05, 0.1) is 29.5 Å². The number of hydrogen-bond donors (Lipinski definition) is 2. The number of likely N-dealkylation sites (tertiary alicyclic amines) is 1. The minimum absolute atomic E-state index is 0.502. The molecule has 0 aromatic carbocycles. The Kier molecular flexibility index (Phi) is 3.73. The zero-order valence-corrected chi connectivity index (χ0v) is 10.6. The van der Waals surface area contributed by atoms with E-state index in [9.17, 15) is 10.2 Å². The summed E-state index contributed by atoms with van der Waals surface area (Å²) in [6.45, 7) is 4.51. The first kappa shape index (κ1) is 12.8. The van der Waals surface area contributed by atoms with Gasteiger partial charge in [-0.3, -0.25) is 9.58 Å². The predicted octanol–water partition coefficient (Wildman–Crippen LogP) is 0.354. The van der Waals surface area contributed by atoms with E-state index >= 15 is 0 Å². The van der Waals surface area contributed by atoms with Gasteiger partial charge in [0.2, 0.25) is 0 Å². The molecule has 0 aliphatic carbocycles. The fourth-order valence-corrected chi connectivity index (χ4v) is 2.15. The van der Waals surface area contributed by atoms with Crippen molar-refractivity contribution in [1.29, 1.82) is 0 Å². The monoisotopic (exact) mass is 259 g/mol. The van der Waals surface area contributed by atoms with E-state index in [1.165, 1.54) is 0 Å². The quantitative estimate of drug-likeness (QED) is 0.823. The van der Waals surface area contributed by atoms with Crippen molar-refractivity contribution in [2.75, 3.05) is 19.6 Å². The Morgan fingerprint density at radius 3 is 2.94 bits per heavy atom. The van der Waals surface area contributed by atoms with Crippen LogP contribution >= 0.6 is 11.6 Å². The molecule has 0 bridgehead atoms. The van der Waals surface area contributed by atoms with Crippen molar-refractivity contribution in [3.8, 4) is 0 Å². The number of β-amino-alcohol motifs (C(OH)–C–C–N with tert-alkyl or cyclic N) is 1. The molecule has 2 atom stereocenters. The lowest BCUT2D eigenvalue weighted by molar-refractivity contribution is -0.107. The molecule has 0 spiro atoms. The van der Waals surface area contributed by atoms with Gasteiger partial charge in [0.25, 0.3) is 0 Å². The molecule has 1 aromatic rings. The highest BCUT2D eigenvalue weighted by Gasteiger charge is 2.35. The Bertz CT molecular complexity index is 381. The number of aliphatic hydroxyl groups excluding tert-OH is 1. The second kappa shape index (κ2) is 4.94. The van der Waals surface area contributed by atoms with Crippen molar-refractivity contribution >= 4 is 11.6 Å². The van der Waals surface area contributed by atoms with Gasteiger partial charge < -0.3 is 10.2 Å². The maximum atomic E-state index is 9.84. The molecule has 0 saturated carbocycles. The number of rotatable bonds is 3. The highest BCUT2D eigenvalue weighted by Crippen LogP contribution is 2.21. The second-order valence-corrected chi connectivity index (χ2v) is 5.28. The summed E-state index contributed by atoms with van der Waals surface area (Å²) < 4.78 is 1.78. The lowest BCUT2D eigenvalue weighted by Crippen LogP contribution is -2.54. The molecule has 5 nitrogen and oxygen atoms in total. The van der Waals surface area contributed by atoms with Crippen LogP contribution in [0.4, 0.5) is 0 Å². The maximum absolute atomic E-state index is 9.84. The molecule has 1 aliphatic rings. The van der Waals surface area contributed by atoms with E-state index in [1.807, 2.05) is 0 Å². The topological polar surface area (TPSA) is 61.5 Å². The van der Waals surface area contributed by atoms with Crippen molar-refractivity contribution in [3.05, 3.63) is 17.4 Å². The third kappa shape index (κ3) is 3.19. The van der Waals surface area contributed by atoms with Crippen molar-refractivity contribution in [3.63, 3.8) is 0 Å². The van der Waals surface area contributed by atoms with Gasteiger partial charge >= 0.3 is 0 Å². The van der Waals surface area contributed by atoms with Crippen LogP contribution in [-0.4, -0.2) is 56.2 Å². The molecular formula is C11H18ClN3O2. The molecule has 2 heterocycles. The summed E-state index contributed by atoms with van der Waals surface area (Å²) in [6.07, 6.45) is 3.29. The smallest absolute Gasteiger partial charge is 0.0951 e. The molecule has 0 amide bonds. The lowest BCUT2D eigenvalue weighted by atomic mass is 9.91. The predicted molar refractivity (Wildman–Crippen MR) is 64.9 cm³/mol. The number of hydrogen-bond acceptors (Lipinski definition) is 4. The molecule has 1 aromatic heterocycles. The fraction of sp³-hybridized carbons (Fsp3) is 0.727. The van der Waals surface area contributed by atoms with Gasteiger partial charge in [-0.2, -0.15) is 5.10 Å². The fourth-order valence-electron chi connectivity index (χ4n) is 1.99. The van der Waals surface area contributed by atoms with Crippen molar-refractivity contribution < 1.29 is 10.2 Å². The Labute approximate surface area is 106 Å². The first-order chi connectivity index (χ1) is 7.97. The molecule has 96 valence electrons. The summed E-state index contributed by atoms with van der Waals surface area (Å²) >= 11 is 5.77. The molecular weight excluding hydrogens is 242 g/mol. The van der Waals surface area contributed by atoms with Gasteiger partial charge in [-0.1, -0.05) is 11.6 Å². The summed E-state index contributed by atoms with van der Waals surface area (Å²) in [5.74, 6) is 0. The van der Waals surface area contributed by atoms with Crippen LogP contribution in [0, 0.1) is 0 Å². The van der Waals surface area contributed by atoms with E-state index < -0.39 is 11.7 Å². The van der Waals surface area contributed by atoms with E-state index in [0.29, 0.717) is 18.0 Å². The SMILES string of the molecule is C[C@@]1(O)CCN(CCn2cc(Cl)cn2)C[C@@H]1O. The summed E-state index contributed by atoms with van der Waals surface area (Å²) in [5.41, 5.74) is -0.953. The molecule has 2 N–H and O–H groups in total. The zero-order chi connectivity index (χ0) is 12.5. The van der Waals surface area contributed by atoms with Gasteiger partial charge in [0.1, 0.15) is 0 Å². The summed E-state index contributed by atoms with van der Waals surface area (Å²) in [5, 5.41) is 24.3. The average molecular weight is 260 g/mol. The summed E-state index contributed by atoms with van der Waals surface area (Å²) in [7, 11) is 0. The Balaban J connectivity index is 1.81. The molecule has 2 rings (SSSR count). The summed E-state index contributed by atoms with van der Waals surface area (Å²) in [6, 6.07) is 0. The maximum Gasteiger partial charge on any atom is 0.0951 e. The highest BCUT2D eigenvalue weighted by atomic mass is 35.5. The number of nitrogens with zero attached hydrogens (tertiary/aromatic N) is 3. The average Bonchev–Trinajstić information content (AvgIpc) is 2.66. The Hall–Kier alpha value is -0.620. The number of aliphatic hydroxyl groups is 2. The van der Waals surface area contributed by atoms with E-state index in [4.69, 9.17) is 11.6 Å². The number of halogens is 1. The van der Waals surface area contributed by atoms with Crippen molar-refractivity contribution in [1.82, 2.24) is 14.7 Å². The van der Waals surface area contributed by atoms with Crippen LogP contribution in [0.1, 0.15) is 13.3 Å². The van der Waals surface area contributed by atoms with Gasteiger partial charge in [0.15, 0.2) is 0 Å². The zero-order valence-electron chi connectivity index (χ0n) is 9.88. The molecule has 0 radical (unpaired) electrons. The largest absolute Gasteiger partial charge is 0.389 e. The Morgan fingerprint density at radius 2 is 2.35 bits per heavy atom. The van der Waals surface area contributed by atoms with Crippen LogP contribution in [0.15, 0.2) is 12.4 Å². The Morgan fingerprint density at radius 1 is 1.59 bits per heavy atom. The molecule has 1 saturated heterocycles. The second-order valence-electron chi connectivity index (χ2n) is 4.85. The molecule has 6 heteroatoms. The van der Waals surface area contributed by atoms with Crippen molar-refractivity contribution in [2.45, 2.75) is 31.6 Å². The molecule has 17 heavy (non-hydrogen) atoms. The van der Waals surface area contributed by atoms with E-state index in [1.54, 1.807) is 24.0 Å². The molecule has 1 aliphatic heterocycles. The van der Waals surface area contributed by atoms with Crippen LogP contribution in [0.2, 0.25) is 5.02 Å². The third-order valence-corrected chi connectivity index (χ3v) is 3.53. The van der Waals surface area contributed by atoms with Crippen LogP contribution in [0.25, 0.3) is 0 Å². The molecule has 0 unspecified atom stereocenters. The minimum Gasteiger partial charge on any atom is -0.389 e. The lowest BCUT2D eigenvalue weighted by Gasteiger charge is -2.39. The standard InChI is InChI=1S/C11H18ClN3O2/c1-11(17)2-3-14(8-10(11)16)4-5-15-7-9(12)6-13-15/h6-7,10,16-17H,2-5,8H2,1H3/t10-,11+/m0/s1. The first-order valence-corrected chi connectivity index (χ1v) is 6.16. The molecule has 1 fully saturated rings. The van der Waals surface area contributed by atoms with Crippen LogP contribution in [0.5, 0.6) is 0 Å².